The lowest BCUT2D eigenvalue weighted by Crippen LogP contribution is -2.35. The molecule has 1 aromatic rings. The van der Waals surface area contributed by atoms with Crippen molar-refractivity contribution in [2.75, 3.05) is 44.6 Å². The SMILES string of the molecule is CCN1C(=O)[C@@H](CNc2cccc(C(=O)NCCCN3CCCC3)c2)S/C1=C(/N)C(=O)NC1CC1. The summed E-state index contributed by atoms with van der Waals surface area (Å²) in [7, 11) is 0. The van der Waals surface area contributed by atoms with E-state index in [1.807, 2.05) is 19.1 Å². The molecule has 0 aromatic heterocycles. The summed E-state index contributed by atoms with van der Waals surface area (Å²) in [4.78, 5) is 41.9. The highest BCUT2D eigenvalue weighted by atomic mass is 32.2. The lowest BCUT2D eigenvalue weighted by molar-refractivity contribution is -0.127. The number of benzene rings is 1. The fraction of sp³-hybridized carbons (Fsp3) is 0.560. The van der Waals surface area contributed by atoms with Crippen molar-refractivity contribution >= 4 is 35.2 Å². The summed E-state index contributed by atoms with van der Waals surface area (Å²) in [5.41, 5.74) is 7.57. The third kappa shape index (κ3) is 6.70. The van der Waals surface area contributed by atoms with E-state index in [2.05, 4.69) is 20.9 Å². The van der Waals surface area contributed by atoms with Crippen molar-refractivity contribution in [3.05, 3.63) is 40.6 Å². The third-order valence-corrected chi connectivity index (χ3v) is 7.81. The Morgan fingerprint density at radius 1 is 1.20 bits per heavy atom. The van der Waals surface area contributed by atoms with E-state index < -0.39 is 5.25 Å². The van der Waals surface area contributed by atoms with Crippen LogP contribution in [0, 0.1) is 0 Å². The number of thioether (sulfide) groups is 1. The van der Waals surface area contributed by atoms with Gasteiger partial charge in [0.05, 0.1) is 0 Å². The standard InChI is InChI=1S/C25H36N6O3S/c1-2-31-24(34)20(35-25(31)21(26)23(33)29-18-9-10-18)16-28-19-8-5-7-17(15-19)22(32)27-11-6-14-30-12-3-4-13-30/h5,7-8,15,18,20,28H,2-4,6,9-14,16,26H2,1H3,(H,27,32)(H,29,33)/b25-21+/t20-/m1/s1. The fourth-order valence-corrected chi connectivity index (χ4v) is 5.57. The number of amides is 3. The molecule has 2 aliphatic heterocycles. The Morgan fingerprint density at radius 2 is 1.97 bits per heavy atom. The van der Waals surface area contributed by atoms with Gasteiger partial charge in [0.25, 0.3) is 11.8 Å². The predicted molar refractivity (Wildman–Crippen MR) is 139 cm³/mol. The first-order valence-electron chi connectivity index (χ1n) is 12.6. The molecule has 2 heterocycles. The van der Waals surface area contributed by atoms with E-state index in [4.69, 9.17) is 5.73 Å². The summed E-state index contributed by atoms with van der Waals surface area (Å²) in [5.74, 6) is -0.485. The van der Waals surface area contributed by atoms with E-state index >= 15 is 0 Å². The van der Waals surface area contributed by atoms with Gasteiger partial charge in [-0.3, -0.25) is 14.4 Å². The van der Waals surface area contributed by atoms with Gasteiger partial charge in [0.15, 0.2) is 0 Å². The first-order valence-corrected chi connectivity index (χ1v) is 13.5. The van der Waals surface area contributed by atoms with Crippen LogP contribution in [0.15, 0.2) is 35.0 Å². The number of hydrogen-bond acceptors (Lipinski definition) is 7. The van der Waals surface area contributed by atoms with Crippen molar-refractivity contribution in [1.29, 1.82) is 0 Å². The molecule has 1 aromatic carbocycles. The molecule has 2 saturated heterocycles. The molecule has 3 aliphatic rings. The number of anilines is 1. The number of likely N-dealkylation sites (tertiary alicyclic amines) is 1. The van der Waals surface area contributed by atoms with Crippen molar-refractivity contribution < 1.29 is 14.4 Å². The van der Waals surface area contributed by atoms with Crippen LogP contribution in [0.3, 0.4) is 0 Å². The fourth-order valence-electron chi connectivity index (χ4n) is 4.34. The van der Waals surface area contributed by atoms with Crippen LogP contribution in [0.25, 0.3) is 0 Å². The van der Waals surface area contributed by atoms with Crippen molar-refractivity contribution in [3.8, 4) is 0 Å². The largest absolute Gasteiger partial charge is 0.392 e. The number of nitrogens with zero attached hydrogens (tertiary/aromatic N) is 2. The van der Waals surface area contributed by atoms with Gasteiger partial charge in [0.2, 0.25) is 5.91 Å². The van der Waals surface area contributed by atoms with Gasteiger partial charge >= 0.3 is 0 Å². The Morgan fingerprint density at radius 3 is 2.69 bits per heavy atom. The zero-order chi connectivity index (χ0) is 24.8. The van der Waals surface area contributed by atoms with Crippen molar-refractivity contribution in [2.24, 2.45) is 5.73 Å². The highest BCUT2D eigenvalue weighted by molar-refractivity contribution is 8.04. The Bertz CT molecular complexity index is 974. The number of carbonyl (C=O) groups is 3. The quantitative estimate of drug-likeness (QED) is 0.270. The van der Waals surface area contributed by atoms with E-state index in [1.165, 1.54) is 24.6 Å². The van der Waals surface area contributed by atoms with Gasteiger partial charge in [0.1, 0.15) is 16.0 Å². The van der Waals surface area contributed by atoms with Gasteiger partial charge < -0.3 is 31.5 Å². The van der Waals surface area contributed by atoms with Gasteiger partial charge in [-0.2, -0.15) is 0 Å². The van der Waals surface area contributed by atoms with Crippen molar-refractivity contribution in [3.63, 3.8) is 0 Å². The smallest absolute Gasteiger partial charge is 0.270 e. The molecule has 4 rings (SSSR count). The van der Waals surface area contributed by atoms with Crippen molar-refractivity contribution in [2.45, 2.75) is 50.3 Å². The van der Waals surface area contributed by atoms with Gasteiger partial charge in [-0.05, 0) is 76.9 Å². The maximum absolute atomic E-state index is 12.9. The monoisotopic (exact) mass is 500 g/mol. The summed E-state index contributed by atoms with van der Waals surface area (Å²) in [6, 6.07) is 7.49. The topological polar surface area (TPSA) is 120 Å². The minimum Gasteiger partial charge on any atom is -0.392 e. The van der Waals surface area contributed by atoms with Crippen LogP contribution in [0.2, 0.25) is 0 Å². The Kier molecular flexibility index (Phi) is 8.56. The Balaban J connectivity index is 1.29. The van der Waals surface area contributed by atoms with Gasteiger partial charge in [-0.1, -0.05) is 17.8 Å². The molecule has 10 heteroatoms. The van der Waals surface area contributed by atoms with Gasteiger partial charge in [-0.15, -0.1) is 0 Å². The first-order chi connectivity index (χ1) is 17.0. The lowest BCUT2D eigenvalue weighted by atomic mass is 10.2. The molecule has 1 saturated carbocycles. The minimum atomic E-state index is -0.403. The number of nitrogens with one attached hydrogen (secondary N) is 3. The molecule has 0 radical (unpaired) electrons. The first kappa shape index (κ1) is 25.4. The van der Waals surface area contributed by atoms with Crippen LogP contribution < -0.4 is 21.7 Å². The molecule has 3 amide bonds. The predicted octanol–water partition coefficient (Wildman–Crippen LogP) is 1.68. The average molecular weight is 501 g/mol. The second-order valence-electron chi connectivity index (χ2n) is 9.28. The molecule has 9 nitrogen and oxygen atoms in total. The zero-order valence-electron chi connectivity index (χ0n) is 20.3. The van der Waals surface area contributed by atoms with Gasteiger partial charge in [-0.25, -0.2) is 0 Å². The molecule has 3 fully saturated rings. The number of rotatable bonds is 11. The van der Waals surface area contributed by atoms with E-state index in [0.717, 1.165) is 44.6 Å². The maximum Gasteiger partial charge on any atom is 0.270 e. The number of carbonyl (C=O) groups excluding carboxylic acids is 3. The van der Waals surface area contributed by atoms with Crippen LogP contribution in [0.4, 0.5) is 5.69 Å². The normalized spacial score (nSPS) is 21.8. The second-order valence-corrected chi connectivity index (χ2v) is 10.5. The maximum atomic E-state index is 12.9. The van der Waals surface area contributed by atoms with Gasteiger partial charge in [0, 0.05) is 36.9 Å². The van der Waals surface area contributed by atoms with Crippen LogP contribution in [0.5, 0.6) is 0 Å². The zero-order valence-corrected chi connectivity index (χ0v) is 21.2. The summed E-state index contributed by atoms with van der Waals surface area (Å²) >= 11 is 1.31. The lowest BCUT2D eigenvalue weighted by Gasteiger charge is -2.16. The molecule has 35 heavy (non-hydrogen) atoms. The summed E-state index contributed by atoms with van der Waals surface area (Å²) in [6.07, 6.45) is 5.43. The van der Waals surface area contributed by atoms with Crippen LogP contribution in [-0.2, 0) is 9.59 Å². The molecule has 5 N–H and O–H groups in total. The van der Waals surface area contributed by atoms with E-state index in [1.54, 1.807) is 17.0 Å². The molecule has 0 bridgehead atoms. The molecular weight excluding hydrogens is 464 g/mol. The summed E-state index contributed by atoms with van der Waals surface area (Å²) < 4.78 is 0. The molecule has 1 atom stereocenters. The Hall–Kier alpha value is -2.72. The summed E-state index contributed by atoms with van der Waals surface area (Å²) in [5, 5.41) is 9.27. The second kappa shape index (κ2) is 11.8. The van der Waals surface area contributed by atoms with Crippen LogP contribution in [0.1, 0.15) is 49.4 Å². The van der Waals surface area contributed by atoms with E-state index in [-0.39, 0.29) is 29.5 Å². The number of hydrogen-bond donors (Lipinski definition) is 4. The summed E-state index contributed by atoms with van der Waals surface area (Å²) in [6.45, 7) is 6.68. The Labute approximate surface area is 211 Å². The van der Waals surface area contributed by atoms with Crippen LogP contribution in [-0.4, -0.2) is 78.1 Å². The van der Waals surface area contributed by atoms with Crippen molar-refractivity contribution in [1.82, 2.24) is 20.4 Å². The highest BCUT2D eigenvalue weighted by Gasteiger charge is 2.38. The molecule has 0 unspecified atom stereocenters. The van der Waals surface area contributed by atoms with E-state index in [0.29, 0.717) is 30.2 Å². The van der Waals surface area contributed by atoms with Crippen LogP contribution >= 0.6 is 11.8 Å². The molecule has 1 aliphatic carbocycles. The minimum absolute atomic E-state index is 0.0749. The highest BCUT2D eigenvalue weighted by Crippen LogP contribution is 2.36. The third-order valence-electron chi connectivity index (χ3n) is 6.50. The number of nitrogens with two attached hydrogens (primary N) is 1. The van der Waals surface area contributed by atoms with E-state index in [9.17, 15) is 14.4 Å². The molecule has 0 spiro atoms. The molecular formula is C25H36N6O3S. The molecule has 190 valence electrons. The average Bonchev–Trinajstić information content (AvgIpc) is 3.41.